The lowest BCUT2D eigenvalue weighted by molar-refractivity contribution is -0.143. The van der Waals surface area contributed by atoms with Gasteiger partial charge in [-0.05, 0) is 32.9 Å². The molecular weight excluding hydrogens is 230 g/mol. The number of carbonyl (C=O) groups is 1. The minimum atomic E-state index is -0.200. The fourth-order valence-electron chi connectivity index (χ4n) is 2.53. The molecule has 1 N–H and O–H groups in total. The summed E-state index contributed by atoms with van der Waals surface area (Å²) in [5.74, 6) is -0.200. The van der Waals surface area contributed by atoms with Crippen LogP contribution in [-0.4, -0.2) is 35.2 Å². The molecule has 1 aliphatic rings. The topological polar surface area (TPSA) is 56.2 Å². The molecule has 5 nitrogen and oxygen atoms in total. The number of rotatable bonds is 4. The van der Waals surface area contributed by atoms with Crippen molar-refractivity contribution in [1.82, 2.24) is 14.9 Å². The molecule has 2 heterocycles. The second kappa shape index (κ2) is 5.52. The van der Waals surface area contributed by atoms with Crippen LogP contribution in [-0.2, 0) is 21.5 Å². The molecular formula is C13H21N3O2. The smallest absolute Gasteiger partial charge is 0.325 e. The lowest BCUT2D eigenvalue weighted by Gasteiger charge is -2.34. The molecule has 0 spiro atoms. The fraction of sp³-hybridized carbons (Fsp3) is 0.692. The number of hydrogen-bond acceptors (Lipinski definition) is 4. The van der Waals surface area contributed by atoms with Gasteiger partial charge in [-0.3, -0.25) is 4.79 Å². The quantitative estimate of drug-likeness (QED) is 0.814. The molecule has 1 aromatic rings. The van der Waals surface area contributed by atoms with E-state index in [9.17, 15) is 4.79 Å². The summed E-state index contributed by atoms with van der Waals surface area (Å²) in [6.45, 7) is 6.77. The Hall–Kier alpha value is -1.36. The molecule has 0 unspecified atom stereocenters. The van der Waals surface area contributed by atoms with Crippen LogP contribution in [0.5, 0.6) is 0 Å². The van der Waals surface area contributed by atoms with Gasteiger partial charge in [0, 0.05) is 17.3 Å². The standard InChI is InChI=1S/C13H21N3O2/c1-3-18-12(17)9-16-10-15-8-11(16)13(2)4-6-14-7-5-13/h8,10,14H,3-7,9H2,1-2H3. The third kappa shape index (κ3) is 2.72. The van der Waals surface area contributed by atoms with Crippen LogP contribution < -0.4 is 5.32 Å². The highest BCUT2D eigenvalue weighted by molar-refractivity contribution is 5.69. The van der Waals surface area contributed by atoms with E-state index in [1.165, 1.54) is 0 Å². The van der Waals surface area contributed by atoms with E-state index in [0.717, 1.165) is 31.6 Å². The summed E-state index contributed by atoms with van der Waals surface area (Å²) >= 11 is 0. The van der Waals surface area contributed by atoms with Crippen LogP contribution in [0.2, 0.25) is 0 Å². The van der Waals surface area contributed by atoms with E-state index >= 15 is 0 Å². The molecule has 0 radical (unpaired) electrons. The first-order chi connectivity index (χ1) is 8.65. The number of carbonyl (C=O) groups excluding carboxylic acids is 1. The molecule has 2 rings (SSSR count). The molecule has 0 aliphatic carbocycles. The highest BCUT2D eigenvalue weighted by atomic mass is 16.5. The molecule has 1 saturated heterocycles. The summed E-state index contributed by atoms with van der Waals surface area (Å²) in [7, 11) is 0. The largest absolute Gasteiger partial charge is 0.465 e. The number of nitrogens with zero attached hydrogens (tertiary/aromatic N) is 2. The van der Waals surface area contributed by atoms with E-state index in [0.29, 0.717) is 6.61 Å². The van der Waals surface area contributed by atoms with Crippen molar-refractivity contribution in [2.75, 3.05) is 19.7 Å². The number of piperidine rings is 1. The zero-order valence-corrected chi connectivity index (χ0v) is 11.1. The van der Waals surface area contributed by atoms with Crippen molar-refractivity contribution in [3.63, 3.8) is 0 Å². The van der Waals surface area contributed by atoms with Gasteiger partial charge in [0.2, 0.25) is 0 Å². The average Bonchev–Trinajstić information content (AvgIpc) is 2.79. The summed E-state index contributed by atoms with van der Waals surface area (Å²) in [6.07, 6.45) is 5.74. The maximum Gasteiger partial charge on any atom is 0.325 e. The van der Waals surface area contributed by atoms with Crippen molar-refractivity contribution in [3.8, 4) is 0 Å². The molecule has 1 aliphatic heterocycles. The van der Waals surface area contributed by atoms with Crippen molar-refractivity contribution in [2.45, 2.75) is 38.6 Å². The van der Waals surface area contributed by atoms with Gasteiger partial charge in [0.05, 0.1) is 12.9 Å². The van der Waals surface area contributed by atoms with Crippen molar-refractivity contribution in [1.29, 1.82) is 0 Å². The van der Waals surface area contributed by atoms with Crippen molar-refractivity contribution in [2.24, 2.45) is 0 Å². The predicted octanol–water partition coefficient (Wildman–Crippen LogP) is 1.09. The van der Waals surface area contributed by atoms with E-state index in [4.69, 9.17) is 4.74 Å². The van der Waals surface area contributed by atoms with Gasteiger partial charge in [0.1, 0.15) is 6.54 Å². The van der Waals surface area contributed by atoms with E-state index in [2.05, 4.69) is 17.2 Å². The summed E-state index contributed by atoms with van der Waals surface area (Å²) in [6, 6.07) is 0. The molecule has 0 bridgehead atoms. The maximum absolute atomic E-state index is 11.6. The van der Waals surface area contributed by atoms with Crippen molar-refractivity contribution >= 4 is 5.97 Å². The van der Waals surface area contributed by atoms with E-state index < -0.39 is 0 Å². The Labute approximate surface area is 108 Å². The lowest BCUT2D eigenvalue weighted by Crippen LogP contribution is -2.39. The first-order valence-electron chi connectivity index (χ1n) is 6.52. The van der Waals surface area contributed by atoms with Crippen LogP contribution in [0.1, 0.15) is 32.4 Å². The zero-order chi connectivity index (χ0) is 13.0. The highest BCUT2D eigenvalue weighted by Gasteiger charge is 2.31. The van der Waals surface area contributed by atoms with Gasteiger partial charge < -0.3 is 14.6 Å². The van der Waals surface area contributed by atoms with Crippen LogP contribution in [0.15, 0.2) is 12.5 Å². The van der Waals surface area contributed by atoms with Gasteiger partial charge in [0.25, 0.3) is 0 Å². The SMILES string of the molecule is CCOC(=O)Cn1cncc1C1(C)CCNCC1. The van der Waals surface area contributed by atoms with Gasteiger partial charge in [-0.1, -0.05) is 6.92 Å². The number of hydrogen-bond donors (Lipinski definition) is 1. The van der Waals surface area contributed by atoms with Crippen LogP contribution in [0.25, 0.3) is 0 Å². The lowest BCUT2D eigenvalue weighted by atomic mass is 9.78. The molecule has 0 atom stereocenters. The molecule has 0 amide bonds. The number of esters is 1. The van der Waals surface area contributed by atoms with Gasteiger partial charge in [-0.25, -0.2) is 4.98 Å². The van der Waals surface area contributed by atoms with Crippen LogP contribution in [0.4, 0.5) is 0 Å². The molecule has 0 aromatic carbocycles. The Bertz CT molecular complexity index is 408. The summed E-state index contributed by atoms with van der Waals surface area (Å²) in [5.41, 5.74) is 1.24. The Morgan fingerprint density at radius 2 is 2.28 bits per heavy atom. The van der Waals surface area contributed by atoms with Crippen LogP contribution in [0.3, 0.4) is 0 Å². The third-order valence-corrected chi connectivity index (χ3v) is 3.64. The second-order valence-corrected chi connectivity index (χ2v) is 5.02. The first-order valence-corrected chi connectivity index (χ1v) is 6.52. The van der Waals surface area contributed by atoms with Crippen molar-refractivity contribution in [3.05, 3.63) is 18.2 Å². The van der Waals surface area contributed by atoms with Gasteiger partial charge in [-0.15, -0.1) is 0 Å². The first kappa shape index (κ1) is 13.1. The predicted molar refractivity (Wildman–Crippen MR) is 68.3 cm³/mol. The Morgan fingerprint density at radius 3 is 2.94 bits per heavy atom. The van der Waals surface area contributed by atoms with Crippen LogP contribution >= 0.6 is 0 Å². The highest BCUT2D eigenvalue weighted by Crippen LogP contribution is 2.32. The second-order valence-electron chi connectivity index (χ2n) is 5.02. The fourth-order valence-corrected chi connectivity index (χ4v) is 2.53. The molecule has 5 heteroatoms. The van der Waals surface area contributed by atoms with Gasteiger partial charge >= 0.3 is 5.97 Å². The summed E-state index contributed by atoms with van der Waals surface area (Å²) in [4.78, 5) is 15.8. The Balaban J connectivity index is 2.13. The molecule has 1 fully saturated rings. The third-order valence-electron chi connectivity index (χ3n) is 3.64. The summed E-state index contributed by atoms with van der Waals surface area (Å²) in [5, 5.41) is 3.36. The van der Waals surface area contributed by atoms with E-state index in [1.54, 1.807) is 6.33 Å². The molecule has 1 aromatic heterocycles. The van der Waals surface area contributed by atoms with Gasteiger partial charge in [-0.2, -0.15) is 0 Å². The summed E-state index contributed by atoms with van der Waals surface area (Å²) < 4.78 is 6.91. The number of aromatic nitrogens is 2. The van der Waals surface area contributed by atoms with E-state index in [1.807, 2.05) is 17.7 Å². The molecule has 100 valence electrons. The average molecular weight is 251 g/mol. The molecule has 18 heavy (non-hydrogen) atoms. The van der Waals surface area contributed by atoms with Gasteiger partial charge in [0.15, 0.2) is 0 Å². The van der Waals surface area contributed by atoms with Crippen molar-refractivity contribution < 1.29 is 9.53 Å². The number of nitrogens with one attached hydrogen (secondary N) is 1. The maximum atomic E-state index is 11.6. The monoisotopic (exact) mass is 251 g/mol. The Kier molecular flexibility index (Phi) is 4.01. The number of imidazole rings is 1. The number of ether oxygens (including phenoxy) is 1. The van der Waals surface area contributed by atoms with Crippen LogP contribution in [0, 0.1) is 0 Å². The van der Waals surface area contributed by atoms with E-state index in [-0.39, 0.29) is 17.9 Å². The Morgan fingerprint density at radius 1 is 1.56 bits per heavy atom. The molecule has 0 saturated carbocycles. The minimum Gasteiger partial charge on any atom is -0.465 e. The zero-order valence-electron chi connectivity index (χ0n) is 11.1. The normalized spacial score (nSPS) is 18.6. The minimum absolute atomic E-state index is 0.105.